The summed E-state index contributed by atoms with van der Waals surface area (Å²) in [6.45, 7) is 0.627. The van der Waals surface area contributed by atoms with Gasteiger partial charge in [-0.1, -0.05) is 6.07 Å². The second-order valence-corrected chi connectivity index (χ2v) is 6.04. The molecule has 0 saturated carbocycles. The lowest BCUT2D eigenvalue weighted by molar-refractivity contribution is -0.117. The smallest absolute Gasteiger partial charge is 0.227 e. The number of carbonyl (C=O) groups excluding carboxylic acids is 2. The van der Waals surface area contributed by atoms with Crippen molar-refractivity contribution in [1.29, 1.82) is 0 Å². The molecule has 0 radical (unpaired) electrons. The van der Waals surface area contributed by atoms with Crippen molar-refractivity contribution in [3.63, 3.8) is 0 Å². The normalized spacial score (nSPS) is 14.0. The minimum absolute atomic E-state index is 0.0271. The third-order valence-electron chi connectivity index (χ3n) is 4.17. The van der Waals surface area contributed by atoms with E-state index in [2.05, 4.69) is 10.3 Å². The Morgan fingerprint density at radius 1 is 1.28 bits per heavy atom. The maximum absolute atomic E-state index is 14.0. The van der Waals surface area contributed by atoms with E-state index in [1.54, 1.807) is 17.2 Å². The number of nitrogens with one attached hydrogen (secondary N) is 1. The Hall–Kier alpha value is -2.76. The fraction of sp³-hybridized carbons (Fsp3) is 0.316. The molecule has 1 aromatic heterocycles. The molecule has 1 fully saturated rings. The molecule has 130 valence electrons. The van der Waals surface area contributed by atoms with Gasteiger partial charge in [-0.15, -0.1) is 0 Å². The van der Waals surface area contributed by atoms with Crippen LogP contribution in [-0.4, -0.2) is 23.3 Å². The van der Waals surface area contributed by atoms with Gasteiger partial charge < -0.3 is 10.2 Å². The number of amides is 2. The van der Waals surface area contributed by atoms with Gasteiger partial charge in [0.1, 0.15) is 5.82 Å². The number of anilines is 2. The van der Waals surface area contributed by atoms with Crippen molar-refractivity contribution < 1.29 is 14.0 Å². The van der Waals surface area contributed by atoms with Crippen LogP contribution in [0.5, 0.6) is 0 Å². The number of carbonyl (C=O) groups is 2. The van der Waals surface area contributed by atoms with Crippen LogP contribution in [0.2, 0.25) is 0 Å². The molecule has 1 aliphatic heterocycles. The van der Waals surface area contributed by atoms with E-state index < -0.39 is 5.82 Å². The molecular weight excluding hydrogens is 321 g/mol. The van der Waals surface area contributed by atoms with Gasteiger partial charge in [-0.05, 0) is 49.6 Å². The summed E-state index contributed by atoms with van der Waals surface area (Å²) in [4.78, 5) is 29.7. The topological polar surface area (TPSA) is 62.3 Å². The number of rotatable bonds is 6. The van der Waals surface area contributed by atoms with Crippen molar-refractivity contribution >= 4 is 23.2 Å². The number of aryl methyl sites for hydroxylation is 1. The molecule has 3 rings (SSSR count). The zero-order chi connectivity index (χ0) is 17.6. The fourth-order valence-electron chi connectivity index (χ4n) is 2.89. The standard InChI is InChI=1S/C19H20FN3O2/c20-16-10-9-15(23-12-4-8-19(23)25)13-17(16)22-18(24)7-3-6-14-5-1-2-11-21-14/h1-2,5,9-11,13H,3-4,6-8,12H2,(H,22,24). The van der Waals surface area contributed by atoms with Gasteiger partial charge in [0.05, 0.1) is 5.69 Å². The number of halogens is 1. The highest BCUT2D eigenvalue weighted by Crippen LogP contribution is 2.26. The molecule has 0 aliphatic carbocycles. The minimum Gasteiger partial charge on any atom is -0.324 e. The first kappa shape index (κ1) is 17.1. The van der Waals surface area contributed by atoms with Crippen LogP contribution >= 0.6 is 0 Å². The molecule has 25 heavy (non-hydrogen) atoms. The highest BCUT2D eigenvalue weighted by molar-refractivity contribution is 5.97. The summed E-state index contributed by atoms with van der Waals surface area (Å²) < 4.78 is 14.0. The van der Waals surface area contributed by atoms with Gasteiger partial charge in [0.25, 0.3) is 0 Å². The number of hydrogen-bond acceptors (Lipinski definition) is 3. The molecule has 2 amide bonds. The van der Waals surface area contributed by atoms with Gasteiger partial charge in [0.2, 0.25) is 11.8 Å². The quantitative estimate of drug-likeness (QED) is 0.877. The largest absolute Gasteiger partial charge is 0.324 e. The predicted octanol–water partition coefficient (Wildman–Crippen LogP) is 3.31. The molecule has 2 heterocycles. The zero-order valence-corrected chi connectivity index (χ0v) is 13.9. The second-order valence-electron chi connectivity index (χ2n) is 6.04. The van der Waals surface area contributed by atoms with Crippen molar-refractivity contribution in [2.75, 3.05) is 16.8 Å². The lowest BCUT2D eigenvalue weighted by atomic mass is 10.1. The summed E-state index contributed by atoms with van der Waals surface area (Å²) in [6, 6.07) is 10.0. The first-order valence-corrected chi connectivity index (χ1v) is 8.43. The second kappa shape index (κ2) is 7.88. The minimum atomic E-state index is -0.506. The van der Waals surface area contributed by atoms with Crippen molar-refractivity contribution in [3.8, 4) is 0 Å². The molecule has 2 aromatic rings. The van der Waals surface area contributed by atoms with Crippen LogP contribution in [0.25, 0.3) is 0 Å². The molecule has 6 heteroatoms. The van der Waals surface area contributed by atoms with Crippen molar-refractivity contribution in [2.24, 2.45) is 0 Å². The maximum atomic E-state index is 14.0. The molecule has 5 nitrogen and oxygen atoms in total. The van der Waals surface area contributed by atoms with Crippen molar-refractivity contribution in [3.05, 3.63) is 54.1 Å². The predicted molar refractivity (Wildman–Crippen MR) is 93.8 cm³/mol. The zero-order valence-electron chi connectivity index (χ0n) is 13.9. The van der Waals surface area contributed by atoms with E-state index in [9.17, 15) is 14.0 Å². The summed E-state index contributed by atoms with van der Waals surface area (Å²) in [5.41, 5.74) is 1.66. The van der Waals surface area contributed by atoms with Gasteiger partial charge >= 0.3 is 0 Å². The maximum Gasteiger partial charge on any atom is 0.227 e. The average molecular weight is 341 g/mol. The third kappa shape index (κ3) is 4.41. The Kier molecular flexibility index (Phi) is 5.38. The number of pyridine rings is 1. The molecule has 1 aliphatic rings. The van der Waals surface area contributed by atoms with Crippen LogP contribution in [0.1, 0.15) is 31.4 Å². The monoisotopic (exact) mass is 341 g/mol. The van der Waals surface area contributed by atoms with E-state index in [4.69, 9.17) is 0 Å². The molecule has 0 atom stereocenters. The highest BCUT2D eigenvalue weighted by atomic mass is 19.1. The summed E-state index contributed by atoms with van der Waals surface area (Å²) >= 11 is 0. The first-order chi connectivity index (χ1) is 12.1. The lowest BCUT2D eigenvalue weighted by Crippen LogP contribution is -2.24. The van der Waals surface area contributed by atoms with E-state index in [1.807, 2.05) is 18.2 Å². The molecule has 1 N–H and O–H groups in total. The van der Waals surface area contributed by atoms with E-state index >= 15 is 0 Å². The molecule has 0 spiro atoms. The van der Waals surface area contributed by atoms with Gasteiger partial charge in [-0.2, -0.15) is 0 Å². The molecule has 1 aromatic carbocycles. The number of aromatic nitrogens is 1. The van der Waals surface area contributed by atoms with Crippen LogP contribution in [0.3, 0.4) is 0 Å². The Labute approximate surface area is 145 Å². The van der Waals surface area contributed by atoms with Crippen LogP contribution in [-0.2, 0) is 16.0 Å². The molecular formula is C19H20FN3O2. The van der Waals surface area contributed by atoms with Gasteiger partial charge in [0.15, 0.2) is 0 Å². The van der Waals surface area contributed by atoms with Gasteiger partial charge in [-0.25, -0.2) is 4.39 Å². The summed E-state index contributed by atoms with van der Waals surface area (Å²) in [6.07, 6.45) is 4.63. The van der Waals surface area contributed by atoms with Gasteiger partial charge in [0, 0.05) is 37.0 Å². The van der Waals surface area contributed by atoms with Crippen LogP contribution in [0.4, 0.5) is 15.8 Å². The average Bonchev–Trinajstić information content (AvgIpc) is 3.04. The number of hydrogen-bond donors (Lipinski definition) is 1. The van der Waals surface area contributed by atoms with Gasteiger partial charge in [-0.3, -0.25) is 14.6 Å². The summed E-state index contributed by atoms with van der Waals surface area (Å²) in [7, 11) is 0. The Bertz CT molecular complexity index is 765. The molecule has 0 bridgehead atoms. The Balaban J connectivity index is 1.58. The summed E-state index contributed by atoms with van der Waals surface area (Å²) in [5.74, 6) is -0.729. The third-order valence-corrected chi connectivity index (χ3v) is 4.17. The Morgan fingerprint density at radius 3 is 2.88 bits per heavy atom. The molecule has 1 saturated heterocycles. The highest BCUT2D eigenvalue weighted by Gasteiger charge is 2.22. The van der Waals surface area contributed by atoms with E-state index in [0.717, 1.165) is 12.1 Å². The number of benzene rings is 1. The SMILES string of the molecule is O=C(CCCc1ccccn1)Nc1cc(N2CCCC2=O)ccc1F. The lowest BCUT2D eigenvalue weighted by Gasteiger charge is -2.17. The van der Waals surface area contributed by atoms with Crippen molar-refractivity contribution in [2.45, 2.75) is 32.1 Å². The first-order valence-electron chi connectivity index (χ1n) is 8.43. The van der Waals surface area contributed by atoms with Crippen LogP contribution in [0, 0.1) is 5.82 Å². The van der Waals surface area contributed by atoms with Crippen LogP contribution < -0.4 is 10.2 Å². The van der Waals surface area contributed by atoms with Crippen LogP contribution in [0.15, 0.2) is 42.6 Å². The van der Waals surface area contributed by atoms with E-state index in [1.165, 1.54) is 12.1 Å². The summed E-state index contributed by atoms with van der Waals surface area (Å²) in [5, 5.41) is 2.60. The number of nitrogens with zero attached hydrogens (tertiary/aromatic N) is 2. The Morgan fingerprint density at radius 2 is 2.16 bits per heavy atom. The van der Waals surface area contributed by atoms with Crippen molar-refractivity contribution in [1.82, 2.24) is 4.98 Å². The van der Waals surface area contributed by atoms with E-state index in [-0.39, 0.29) is 23.9 Å². The van der Waals surface area contributed by atoms with E-state index in [0.29, 0.717) is 31.5 Å². The molecule has 0 unspecified atom stereocenters. The fourth-order valence-corrected chi connectivity index (χ4v) is 2.89.